The SMILES string of the molecule is OCCc1cccc(-n2nc3ccc(Cl)cc3n2)c1. The van der Waals surface area contributed by atoms with Gasteiger partial charge >= 0.3 is 0 Å². The predicted molar refractivity (Wildman–Crippen MR) is 74.7 cm³/mol. The van der Waals surface area contributed by atoms with Gasteiger partial charge in [0.05, 0.1) is 5.69 Å². The van der Waals surface area contributed by atoms with Crippen molar-refractivity contribution < 1.29 is 5.11 Å². The number of hydrogen-bond acceptors (Lipinski definition) is 3. The molecule has 1 heterocycles. The largest absolute Gasteiger partial charge is 0.396 e. The standard InChI is InChI=1S/C14H12ClN3O/c15-11-4-5-13-14(9-11)17-18(16-13)12-3-1-2-10(8-12)6-7-19/h1-5,8-9,19H,6-7H2. The van der Waals surface area contributed by atoms with Gasteiger partial charge in [0.25, 0.3) is 0 Å². The number of rotatable bonds is 3. The molecule has 3 aromatic rings. The van der Waals surface area contributed by atoms with E-state index in [4.69, 9.17) is 16.7 Å². The number of aliphatic hydroxyl groups excluding tert-OH is 1. The number of nitrogens with zero attached hydrogens (tertiary/aromatic N) is 3. The van der Waals surface area contributed by atoms with E-state index in [1.54, 1.807) is 16.9 Å². The summed E-state index contributed by atoms with van der Waals surface area (Å²) in [5, 5.41) is 18.4. The van der Waals surface area contributed by atoms with Crippen molar-refractivity contribution in [1.82, 2.24) is 15.0 Å². The van der Waals surface area contributed by atoms with Crippen molar-refractivity contribution >= 4 is 22.6 Å². The molecule has 0 bridgehead atoms. The third-order valence-corrected chi connectivity index (χ3v) is 3.12. The maximum absolute atomic E-state index is 8.97. The Balaban J connectivity index is 2.05. The van der Waals surface area contributed by atoms with Gasteiger partial charge in [-0.15, -0.1) is 10.2 Å². The normalized spacial score (nSPS) is 11.1. The van der Waals surface area contributed by atoms with Crippen molar-refractivity contribution in [3.8, 4) is 5.69 Å². The van der Waals surface area contributed by atoms with E-state index < -0.39 is 0 Å². The lowest BCUT2D eigenvalue weighted by molar-refractivity contribution is 0.299. The summed E-state index contributed by atoms with van der Waals surface area (Å²) in [6, 6.07) is 13.2. The van der Waals surface area contributed by atoms with Gasteiger partial charge in [-0.2, -0.15) is 4.80 Å². The third kappa shape index (κ3) is 2.45. The zero-order valence-corrected chi connectivity index (χ0v) is 10.9. The minimum absolute atomic E-state index is 0.133. The van der Waals surface area contributed by atoms with Gasteiger partial charge in [-0.25, -0.2) is 0 Å². The molecule has 0 amide bonds. The Hall–Kier alpha value is -1.91. The number of aromatic nitrogens is 3. The molecule has 1 N–H and O–H groups in total. The van der Waals surface area contributed by atoms with Crippen molar-refractivity contribution in [2.45, 2.75) is 6.42 Å². The Morgan fingerprint density at radius 2 is 1.89 bits per heavy atom. The zero-order chi connectivity index (χ0) is 13.2. The molecule has 0 fully saturated rings. The molecule has 0 saturated heterocycles. The van der Waals surface area contributed by atoms with Gasteiger partial charge in [0.2, 0.25) is 0 Å². The lowest BCUT2D eigenvalue weighted by Crippen LogP contribution is -2.00. The first-order valence-corrected chi connectivity index (χ1v) is 6.37. The summed E-state index contributed by atoms with van der Waals surface area (Å²) in [6.45, 7) is 0.133. The van der Waals surface area contributed by atoms with Gasteiger partial charge in [0.15, 0.2) is 0 Å². The maximum atomic E-state index is 8.97. The van der Waals surface area contributed by atoms with E-state index in [1.807, 2.05) is 30.3 Å². The van der Waals surface area contributed by atoms with Crippen LogP contribution in [-0.2, 0) is 6.42 Å². The van der Waals surface area contributed by atoms with Crippen molar-refractivity contribution in [2.75, 3.05) is 6.61 Å². The molecule has 0 atom stereocenters. The average molecular weight is 274 g/mol. The van der Waals surface area contributed by atoms with E-state index in [0.29, 0.717) is 11.4 Å². The van der Waals surface area contributed by atoms with Crippen molar-refractivity contribution in [3.05, 3.63) is 53.1 Å². The van der Waals surface area contributed by atoms with Crippen molar-refractivity contribution in [2.24, 2.45) is 0 Å². The van der Waals surface area contributed by atoms with Crippen LogP contribution in [-0.4, -0.2) is 26.7 Å². The summed E-state index contributed by atoms with van der Waals surface area (Å²) in [7, 11) is 0. The molecule has 0 aliphatic carbocycles. The van der Waals surface area contributed by atoms with E-state index >= 15 is 0 Å². The highest BCUT2D eigenvalue weighted by Crippen LogP contribution is 2.17. The second-order valence-electron chi connectivity index (χ2n) is 4.27. The Morgan fingerprint density at radius 1 is 1.05 bits per heavy atom. The van der Waals surface area contributed by atoms with E-state index in [1.165, 1.54) is 0 Å². The van der Waals surface area contributed by atoms with Crippen LogP contribution < -0.4 is 0 Å². The molecule has 0 aliphatic rings. The topological polar surface area (TPSA) is 50.9 Å². The van der Waals surface area contributed by atoms with Crippen LogP contribution in [0, 0.1) is 0 Å². The lowest BCUT2D eigenvalue weighted by atomic mass is 10.1. The molecule has 0 unspecified atom stereocenters. The number of halogens is 1. The van der Waals surface area contributed by atoms with Crippen LogP contribution in [0.15, 0.2) is 42.5 Å². The highest BCUT2D eigenvalue weighted by atomic mass is 35.5. The molecule has 4 nitrogen and oxygen atoms in total. The fourth-order valence-electron chi connectivity index (χ4n) is 1.97. The minimum atomic E-state index is 0.133. The molecule has 3 rings (SSSR count). The molecule has 19 heavy (non-hydrogen) atoms. The Bertz CT molecular complexity index is 724. The lowest BCUT2D eigenvalue weighted by Gasteiger charge is -2.02. The van der Waals surface area contributed by atoms with Gasteiger partial charge in [-0.1, -0.05) is 23.7 Å². The Labute approximate surface area is 115 Å². The Kier molecular flexibility index (Phi) is 3.19. The predicted octanol–water partition coefficient (Wildman–Crippen LogP) is 2.61. The van der Waals surface area contributed by atoms with Crippen LogP contribution in [0.4, 0.5) is 0 Å². The monoisotopic (exact) mass is 273 g/mol. The van der Waals surface area contributed by atoms with Crippen LogP contribution in [0.5, 0.6) is 0 Å². The smallest absolute Gasteiger partial charge is 0.115 e. The summed E-state index contributed by atoms with van der Waals surface area (Å²) >= 11 is 5.94. The van der Waals surface area contributed by atoms with Crippen LogP contribution in [0.2, 0.25) is 5.02 Å². The average Bonchev–Trinajstić information content (AvgIpc) is 2.82. The van der Waals surface area contributed by atoms with Crippen molar-refractivity contribution in [3.63, 3.8) is 0 Å². The molecule has 5 heteroatoms. The number of benzene rings is 2. The van der Waals surface area contributed by atoms with Crippen molar-refractivity contribution in [1.29, 1.82) is 0 Å². The van der Waals surface area contributed by atoms with Gasteiger partial charge in [0.1, 0.15) is 11.0 Å². The Morgan fingerprint density at radius 3 is 2.74 bits per heavy atom. The number of aliphatic hydroxyl groups is 1. The number of hydrogen-bond donors (Lipinski definition) is 1. The molecular weight excluding hydrogens is 262 g/mol. The van der Waals surface area contributed by atoms with Crippen LogP contribution in [0.25, 0.3) is 16.7 Å². The summed E-state index contributed by atoms with van der Waals surface area (Å²) in [4.78, 5) is 1.59. The fraction of sp³-hybridized carbons (Fsp3) is 0.143. The van der Waals surface area contributed by atoms with Gasteiger partial charge < -0.3 is 5.11 Å². The van der Waals surface area contributed by atoms with Crippen LogP contribution >= 0.6 is 11.6 Å². The minimum Gasteiger partial charge on any atom is -0.396 e. The second kappa shape index (κ2) is 4.99. The van der Waals surface area contributed by atoms with E-state index in [0.717, 1.165) is 22.3 Å². The summed E-state index contributed by atoms with van der Waals surface area (Å²) < 4.78 is 0. The zero-order valence-electron chi connectivity index (χ0n) is 10.1. The second-order valence-corrected chi connectivity index (χ2v) is 4.70. The highest BCUT2D eigenvalue weighted by Gasteiger charge is 2.05. The van der Waals surface area contributed by atoms with Gasteiger partial charge in [-0.05, 0) is 42.3 Å². The molecular formula is C14H12ClN3O. The quantitative estimate of drug-likeness (QED) is 0.798. The van der Waals surface area contributed by atoms with E-state index in [2.05, 4.69) is 10.2 Å². The third-order valence-electron chi connectivity index (χ3n) is 2.88. The molecule has 1 aromatic heterocycles. The highest BCUT2D eigenvalue weighted by molar-refractivity contribution is 6.31. The van der Waals surface area contributed by atoms with Gasteiger partial charge in [0, 0.05) is 11.6 Å². The first-order chi connectivity index (χ1) is 9.26. The molecule has 0 saturated carbocycles. The summed E-state index contributed by atoms with van der Waals surface area (Å²) in [5.41, 5.74) is 3.50. The van der Waals surface area contributed by atoms with Gasteiger partial charge in [-0.3, -0.25) is 0 Å². The summed E-state index contributed by atoms with van der Waals surface area (Å²) in [6.07, 6.45) is 0.625. The fourth-order valence-corrected chi connectivity index (χ4v) is 2.13. The maximum Gasteiger partial charge on any atom is 0.115 e. The number of fused-ring (bicyclic) bond motifs is 1. The molecule has 0 radical (unpaired) electrons. The molecule has 96 valence electrons. The summed E-state index contributed by atoms with van der Waals surface area (Å²) in [5.74, 6) is 0. The molecule has 2 aromatic carbocycles. The first-order valence-electron chi connectivity index (χ1n) is 5.99. The van der Waals surface area contributed by atoms with E-state index in [-0.39, 0.29) is 6.61 Å². The van der Waals surface area contributed by atoms with Crippen LogP contribution in [0.1, 0.15) is 5.56 Å². The van der Waals surface area contributed by atoms with Crippen LogP contribution in [0.3, 0.4) is 0 Å². The molecule has 0 aliphatic heterocycles. The first kappa shape index (κ1) is 12.1. The van der Waals surface area contributed by atoms with E-state index in [9.17, 15) is 0 Å². The molecule has 0 spiro atoms.